The van der Waals surface area contributed by atoms with Crippen LogP contribution in [0.5, 0.6) is 0 Å². The second-order valence-electron chi connectivity index (χ2n) is 4.85. The molecule has 0 atom stereocenters. The Balaban J connectivity index is 2.22. The molecule has 0 saturated carbocycles. The zero-order valence-electron chi connectivity index (χ0n) is 11.4. The lowest BCUT2D eigenvalue weighted by atomic mass is 9.93. The molecule has 0 aromatic heterocycles. The number of fused-ring (bicyclic) bond motifs is 1. The number of carboxylic acids is 1. The van der Waals surface area contributed by atoms with E-state index in [1.807, 2.05) is 0 Å². The molecule has 3 aromatic rings. The van der Waals surface area contributed by atoms with E-state index in [0.717, 1.165) is 5.39 Å². The topological polar surface area (TPSA) is 54.4 Å². The summed E-state index contributed by atoms with van der Waals surface area (Å²) in [6.07, 6.45) is 0. The minimum absolute atomic E-state index is 0.0348. The normalized spacial score (nSPS) is 10.6. The van der Waals surface area contributed by atoms with Crippen molar-refractivity contribution in [1.29, 1.82) is 0 Å². The van der Waals surface area contributed by atoms with Crippen molar-refractivity contribution in [3.05, 3.63) is 83.2 Å². The lowest BCUT2D eigenvalue weighted by Crippen LogP contribution is -2.10. The first-order valence-corrected chi connectivity index (χ1v) is 6.63. The maximum atomic E-state index is 13.0. The van der Waals surface area contributed by atoms with Crippen molar-refractivity contribution >= 4 is 22.5 Å². The Morgan fingerprint density at radius 2 is 1.55 bits per heavy atom. The number of aromatic carboxylic acids is 1. The molecule has 0 unspecified atom stereocenters. The Kier molecular flexibility index (Phi) is 3.43. The van der Waals surface area contributed by atoms with Crippen LogP contribution in [0.3, 0.4) is 0 Å². The summed E-state index contributed by atoms with van der Waals surface area (Å²) < 4.78 is 13.0. The van der Waals surface area contributed by atoms with Crippen LogP contribution in [0, 0.1) is 5.82 Å². The van der Waals surface area contributed by atoms with Gasteiger partial charge in [0.15, 0.2) is 5.78 Å². The zero-order chi connectivity index (χ0) is 15.7. The lowest BCUT2D eigenvalue weighted by molar-refractivity contribution is 0.0695. The summed E-state index contributed by atoms with van der Waals surface area (Å²) in [5.74, 6) is -2.06. The second-order valence-corrected chi connectivity index (χ2v) is 4.85. The number of hydrogen-bond acceptors (Lipinski definition) is 2. The molecule has 0 radical (unpaired) electrons. The molecule has 0 bridgehead atoms. The molecule has 22 heavy (non-hydrogen) atoms. The molecule has 0 amide bonds. The third-order valence-electron chi connectivity index (χ3n) is 3.49. The summed E-state index contributed by atoms with van der Waals surface area (Å²) in [4.78, 5) is 24.2. The number of carbonyl (C=O) groups is 2. The molecule has 3 rings (SSSR count). The summed E-state index contributed by atoms with van der Waals surface area (Å²) in [7, 11) is 0. The molecule has 0 aliphatic rings. The predicted molar refractivity (Wildman–Crippen MR) is 80.7 cm³/mol. The van der Waals surface area contributed by atoms with Gasteiger partial charge < -0.3 is 5.11 Å². The van der Waals surface area contributed by atoms with Gasteiger partial charge in [-0.2, -0.15) is 0 Å². The van der Waals surface area contributed by atoms with Crippen LogP contribution in [-0.2, 0) is 0 Å². The van der Waals surface area contributed by atoms with Gasteiger partial charge in [0.1, 0.15) is 5.82 Å². The lowest BCUT2D eigenvalue weighted by Gasteiger charge is -2.09. The van der Waals surface area contributed by atoms with Crippen LogP contribution >= 0.6 is 0 Å². The fourth-order valence-electron chi connectivity index (χ4n) is 2.45. The van der Waals surface area contributed by atoms with Crippen molar-refractivity contribution in [2.75, 3.05) is 0 Å². The van der Waals surface area contributed by atoms with Crippen LogP contribution in [0.1, 0.15) is 26.3 Å². The van der Waals surface area contributed by atoms with E-state index < -0.39 is 17.6 Å². The maximum Gasteiger partial charge on any atom is 0.337 e. The molecular formula is C18H11FO3. The van der Waals surface area contributed by atoms with Crippen LogP contribution < -0.4 is 0 Å². The van der Waals surface area contributed by atoms with E-state index in [1.54, 1.807) is 30.3 Å². The molecule has 1 N–H and O–H groups in total. The number of halogens is 1. The van der Waals surface area contributed by atoms with Crippen molar-refractivity contribution in [3.8, 4) is 0 Å². The van der Waals surface area contributed by atoms with Gasteiger partial charge >= 0.3 is 5.97 Å². The standard InChI is InChI=1S/C18H11FO3/c19-13-8-5-12(6-9-13)17(20)15-10-7-11-3-1-2-4-14(11)16(15)18(21)22/h1-10H,(H,21,22). The summed E-state index contributed by atoms with van der Waals surface area (Å²) in [5, 5.41) is 10.7. The van der Waals surface area contributed by atoms with E-state index in [9.17, 15) is 19.1 Å². The number of benzene rings is 3. The van der Waals surface area contributed by atoms with E-state index in [2.05, 4.69) is 0 Å². The number of hydrogen-bond donors (Lipinski definition) is 1. The van der Waals surface area contributed by atoms with Gasteiger partial charge in [-0.25, -0.2) is 9.18 Å². The maximum absolute atomic E-state index is 13.0. The Morgan fingerprint density at radius 1 is 0.864 bits per heavy atom. The molecular weight excluding hydrogens is 283 g/mol. The first kappa shape index (κ1) is 13.9. The number of carbonyl (C=O) groups excluding carboxylic acids is 1. The molecule has 4 heteroatoms. The third-order valence-corrected chi connectivity index (χ3v) is 3.49. The average Bonchev–Trinajstić information content (AvgIpc) is 2.53. The summed E-state index contributed by atoms with van der Waals surface area (Å²) in [6, 6.07) is 15.2. The first-order chi connectivity index (χ1) is 10.6. The molecule has 3 nitrogen and oxygen atoms in total. The highest BCUT2D eigenvalue weighted by atomic mass is 19.1. The highest BCUT2D eigenvalue weighted by molar-refractivity contribution is 6.18. The largest absolute Gasteiger partial charge is 0.478 e. The summed E-state index contributed by atoms with van der Waals surface area (Å²) >= 11 is 0. The van der Waals surface area contributed by atoms with Gasteiger partial charge in [-0.15, -0.1) is 0 Å². The van der Waals surface area contributed by atoms with Crippen LogP contribution in [0.4, 0.5) is 4.39 Å². The van der Waals surface area contributed by atoms with Crippen LogP contribution in [0.15, 0.2) is 60.7 Å². The molecule has 0 fully saturated rings. The van der Waals surface area contributed by atoms with Crippen LogP contribution in [0.25, 0.3) is 10.8 Å². The van der Waals surface area contributed by atoms with Gasteiger partial charge in [-0.05, 0) is 41.1 Å². The second kappa shape index (κ2) is 5.41. The highest BCUT2D eigenvalue weighted by Crippen LogP contribution is 2.24. The fourth-order valence-corrected chi connectivity index (χ4v) is 2.45. The SMILES string of the molecule is O=C(c1ccc(F)cc1)c1ccc2ccccc2c1C(=O)O. The van der Waals surface area contributed by atoms with Crippen molar-refractivity contribution in [2.45, 2.75) is 0 Å². The van der Waals surface area contributed by atoms with E-state index in [1.165, 1.54) is 30.3 Å². The van der Waals surface area contributed by atoms with E-state index in [-0.39, 0.29) is 16.7 Å². The Bertz CT molecular complexity index is 882. The predicted octanol–water partition coefficient (Wildman–Crippen LogP) is 3.91. The van der Waals surface area contributed by atoms with Gasteiger partial charge in [0.25, 0.3) is 0 Å². The van der Waals surface area contributed by atoms with E-state index in [4.69, 9.17) is 0 Å². The van der Waals surface area contributed by atoms with Crippen molar-refractivity contribution in [2.24, 2.45) is 0 Å². The first-order valence-electron chi connectivity index (χ1n) is 6.63. The molecule has 108 valence electrons. The molecule has 0 aliphatic heterocycles. The van der Waals surface area contributed by atoms with Gasteiger partial charge in [0, 0.05) is 11.1 Å². The molecule has 0 heterocycles. The smallest absolute Gasteiger partial charge is 0.337 e. The van der Waals surface area contributed by atoms with Gasteiger partial charge in [0.05, 0.1) is 5.56 Å². The van der Waals surface area contributed by atoms with Gasteiger partial charge in [0.2, 0.25) is 0 Å². The van der Waals surface area contributed by atoms with Crippen LogP contribution in [0.2, 0.25) is 0 Å². The highest BCUT2D eigenvalue weighted by Gasteiger charge is 2.20. The van der Waals surface area contributed by atoms with Crippen LogP contribution in [-0.4, -0.2) is 16.9 Å². The minimum Gasteiger partial charge on any atom is -0.478 e. The van der Waals surface area contributed by atoms with E-state index in [0.29, 0.717) is 5.39 Å². The van der Waals surface area contributed by atoms with Gasteiger partial charge in [-0.1, -0.05) is 30.3 Å². The zero-order valence-corrected chi connectivity index (χ0v) is 11.4. The molecule has 0 saturated heterocycles. The molecule has 0 spiro atoms. The van der Waals surface area contributed by atoms with Crippen molar-refractivity contribution in [3.63, 3.8) is 0 Å². The fraction of sp³-hybridized carbons (Fsp3) is 0. The summed E-state index contributed by atoms with van der Waals surface area (Å²) in [6.45, 7) is 0. The Labute approximate surface area is 125 Å². The number of rotatable bonds is 3. The molecule has 3 aromatic carbocycles. The number of ketones is 1. The minimum atomic E-state index is -1.16. The average molecular weight is 294 g/mol. The quantitative estimate of drug-likeness (QED) is 0.745. The monoisotopic (exact) mass is 294 g/mol. The molecule has 0 aliphatic carbocycles. The summed E-state index contributed by atoms with van der Waals surface area (Å²) in [5.41, 5.74) is 0.310. The van der Waals surface area contributed by atoms with Gasteiger partial charge in [-0.3, -0.25) is 4.79 Å². The Hall–Kier alpha value is -3.01. The Morgan fingerprint density at radius 3 is 2.23 bits per heavy atom. The number of carboxylic acid groups (broad SMARTS) is 1. The van der Waals surface area contributed by atoms with Crippen molar-refractivity contribution in [1.82, 2.24) is 0 Å². The van der Waals surface area contributed by atoms with E-state index >= 15 is 0 Å². The van der Waals surface area contributed by atoms with Crippen molar-refractivity contribution < 1.29 is 19.1 Å². The third kappa shape index (κ3) is 2.35.